The number of rotatable bonds is 10. The summed E-state index contributed by atoms with van der Waals surface area (Å²) in [6, 6.07) is 23.1. The number of carbonyl (C=O) groups is 6. The van der Waals surface area contributed by atoms with Crippen LogP contribution in [0.3, 0.4) is 0 Å². The standard InChI is InChI=1S/C47H51NO13/c1-25-31(59-43(56)37(52)36(28-16-10-7-11-17-28)48-41(54)29-18-12-8-13-19-29)23-47(57)40(60-42(55)30-20-14-9-15-21-30)38-45(6,39(53)34(26(2)49)35(25)44(47,4)5)32(51)22-33-46(38,24-58-33)61-27(3)50/h7-21,31-34,36-38,40,51-52,57H,22-24H2,1-6H3,(H,48,54)/t31?,32-,33?,34+,36-,37+,38-,40-,45?,46?,47+/m0/s1. The highest BCUT2D eigenvalue weighted by Crippen LogP contribution is 2.65. The van der Waals surface area contributed by atoms with Crippen LogP contribution in [-0.2, 0) is 38.1 Å². The highest BCUT2D eigenvalue weighted by Gasteiger charge is 2.78. The number of nitrogens with one attached hydrogen (secondary N) is 1. The number of esters is 3. The molecule has 2 bridgehead atoms. The zero-order valence-electron chi connectivity index (χ0n) is 34.8. The lowest BCUT2D eigenvalue weighted by atomic mass is 9.43. The smallest absolute Gasteiger partial charge is 0.338 e. The fourth-order valence-electron chi connectivity index (χ4n) is 10.4. The summed E-state index contributed by atoms with van der Waals surface area (Å²) in [5.74, 6) is -8.05. The van der Waals surface area contributed by atoms with E-state index >= 15 is 4.79 Å². The molecule has 0 spiro atoms. The Morgan fingerprint density at radius 3 is 1.97 bits per heavy atom. The van der Waals surface area contributed by atoms with E-state index in [9.17, 15) is 39.3 Å². The maximum absolute atomic E-state index is 15.4. The van der Waals surface area contributed by atoms with Crippen molar-refractivity contribution in [1.29, 1.82) is 0 Å². The van der Waals surface area contributed by atoms with Crippen molar-refractivity contribution in [3.63, 3.8) is 0 Å². The number of hydrogen-bond acceptors (Lipinski definition) is 13. The Morgan fingerprint density at radius 1 is 0.852 bits per heavy atom. The molecular formula is C47H51NO13. The summed E-state index contributed by atoms with van der Waals surface area (Å²) in [4.78, 5) is 84.4. The van der Waals surface area contributed by atoms with Crippen molar-refractivity contribution in [3.8, 4) is 0 Å². The van der Waals surface area contributed by atoms with E-state index in [2.05, 4.69) is 5.32 Å². The monoisotopic (exact) mass is 837 g/mol. The molecule has 0 radical (unpaired) electrons. The molecule has 4 aliphatic rings. The molecule has 3 fully saturated rings. The second kappa shape index (κ2) is 16.1. The Hall–Kier alpha value is -5.54. The third-order valence-corrected chi connectivity index (χ3v) is 13.7. The van der Waals surface area contributed by atoms with Crippen molar-refractivity contribution in [2.24, 2.45) is 22.7 Å². The summed E-state index contributed by atoms with van der Waals surface area (Å²) in [6.07, 6.45) is -8.50. The number of aliphatic hydroxyl groups excluding tert-OH is 2. The summed E-state index contributed by atoms with van der Waals surface area (Å²) < 4.78 is 24.4. The maximum atomic E-state index is 15.4. The number of carbonyl (C=O) groups excluding carboxylic acids is 6. The van der Waals surface area contributed by atoms with Gasteiger partial charge in [0.1, 0.15) is 29.7 Å². The van der Waals surface area contributed by atoms with E-state index < -0.39 is 112 Å². The van der Waals surface area contributed by atoms with Crippen LogP contribution in [0.4, 0.5) is 0 Å². The van der Waals surface area contributed by atoms with Gasteiger partial charge in [-0.2, -0.15) is 0 Å². The van der Waals surface area contributed by atoms with Gasteiger partial charge < -0.3 is 39.6 Å². The van der Waals surface area contributed by atoms with Crippen LogP contribution in [0, 0.1) is 22.7 Å². The van der Waals surface area contributed by atoms with Gasteiger partial charge in [-0.1, -0.05) is 80.6 Å². The second-order valence-electron chi connectivity index (χ2n) is 17.4. The largest absolute Gasteiger partial charge is 0.456 e. The molecule has 1 aliphatic heterocycles. The minimum absolute atomic E-state index is 0.0733. The van der Waals surface area contributed by atoms with Crippen molar-refractivity contribution < 1.29 is 63.0 Å². The molecule has 4 unspecified atom stereocenters. The highest BCUT2D eigenvalue weighted by molar-refractivity contribution is 6.08. The molecule has 7 rings (SSSR count). The molecule has 0 aromatic heterocycles. The van der Waals surface area contributed by atoms with Crippen molar-refractivity contribution >= 4 is 35.4 Å². The fourth-order valence-corrected chi connectivity index (χ4v) is 10.4. The Balaban J connectivity index is 1.38. The maximum Gasteiger partial charge on any atom is 0.338 e. The molecule has 1 saturated heterocycles. The lowest BCUT2D eigenvalue weighted by molar-refractivity contribution is -0.345. The molecule has 14 nitrogen and oxygen atoms in total. The van der Waals surface area contributed by atoms with Crippen LogP contribution >= 0.6 is 0 Å². The molecule has 322 valence electrons. The minimum Gasteiger partial charge on any atom is -0.456 e. The first-order valence-electron chi connectivity index (χ1n) is 20.3. The first-order chi connectivity index (χ1) is 28.8. The van der Waals surface area contributed by atoms with Crippen LogP contribution in [0.1, 0.15) is 86.7 Å². The number of fused-ring (bicyclic) bond motifs is 5. The zero-order chi connectivity index (χ0) is 44.2. The molecule has 3 aromatic rings. The van der Waals surface area contributed by atoms with Crippen molar-refractivity contribution in [2.75, 3.05) is 6.61 Å². The van der Waals surface area contributed by atoms with E-state index in [0.29, 0.717) is 5.56 Å². The third-order valence-electron chi connectivity index (χ3n) is 13.7. The zero-order valence-corrected chi connectivity index (χ0v) is 34.8. The third kappa shape index (κ3) is 7.08. The molecule has 1 heterocycles. The summed E-state index contributed by atoms with van der Waals surface area (Å²) in [5, 5.41) is 40.2. The van der Waals surface area contributed by atoms with Gasteiger partial charge in [-0.25, -0.2) is 9.59 Å². The molecule has 14 heteroatoms. The van der Waals surface area contributed by atoms with Crippen LogP contribution in [0.25, 0.3) is 0 Å². The van der Waals surface area contributed by atoms with E-state index in [-0.39, 0.29) is 35.3 Å². The van der Waals surface area contributed by atoms with Crippen molar-refractivity contribution in [2.45, 2.75) is 102 Å². The van der Waals surface area contributed by atoms with Gasteiger partial charge in [-0.05, 0) is 61.7 Å². The van der Waals surface area contributed by atoms with E-state index in [1.54, 1.807) is 99.6 Å². The van der Waals surface area contributed by atoms with Gasteiger partial charge in [0.2, 0.25) is 0 Å². The van der Waals surface area contributed by atoms with Crippen molar-refractivity contribution in [3.05, 3.63) is 119 Å². The first-order valence-corrected chi connectivity index (χ1v) is 20.3. The molecule has 11 atom stereocenters. The topological polar surface area (TPSA) is 212 Å². The quantitative estimate of drug-likeness (QED) is 0.0986. The number of Topliss-reactive ketones (excluding diaryl/α,β-unsaturated/α-hetero) is 2. The number of ether oxygens (including phenoxy) is 4. The molecule has 4 N–H and O–H groups in total. The van der Waals surface area contributed by atoms with Gasteiger partial charge in [-0.3, -0.25) is 19.2 Å². The second-order valence-corrected chi connectivity index (χ2v) is 17.4. The Labute approximate surface area is 353 Å². The van der Waals surface area contributed by atoms with Crippen LogP contribution in [0.15, 0.2) is 102 Å². The van der Waals surface area contributed by atoms with E-state index in [1.165, 1.54) is 26.0 Å². The molecule has 61 heavy (non-hydrogen) atoms. The Kier molecular flexibility index (Phi) is 11.5. The van der Waals surface area contributed by atoms with Gasteiger partial charge in [0.25, 0.3) is 5.91 Å². The predicted molar refractivity (Wildman–Crippen MR) is 216 cm³/mol. The van der Waals surface area contributed by atoms with Gasteiger partial charge in [0.05, 0.1) is 41.6 Å². The van der Waals surface area contributed by atoms with Crippen LogP contribution in [0.2, 0.25) is 0 Å². The average molecular weight is 838 g/mol. The first kappa shape index (κ1) is 43.5. The van der Waals surface area contributed by atoms with Gasteiger partial charge in [0, 0.05) is 30.7 Å². The summed E-state index contributed by atoms with van der Waals surface area (Å²) in [6.45, 7) is 8.23. The molecule has 3 aliphatic carbocycles. The van der Waals surface area contributed by atoms with Crippen LogP contribution in [0.5, 0.6) is 0 Å². The number of aliphatic hydroxyl groups is 3. The van der Waals surface area contributed by atoms with Crippen LogP contribution in [-0.4, -0.2) is 99.0 Å². The van der Waals surface area contributed by atoms with E-state index in [0.717, 1.165) is 6.92 Å². The summed E-state index contributed by atoms with van der Waals surface area (Å²) in [7, 11) is 0. The van der Waals surface area contributed by atoms with E-state index in [4.69, 9.17) is 18.9 Å². The number of ketones is 2. The highest BCUT2D eigenvalue weighted by atomic mass is 16.6. The lowest BCUT2D eigenvalue weighted by Gasteiger charge is -2.67. The summed E-state index contributed by atoms with van der Waals surface area (Å²) >= 11 is 0. The van der Waals surface area contributed by atoms with Gasteiger partial charge >= 0.3 is 17.9 Å². The Bertz CT molecular complexity index is 2260. The molecule has 3 aromatic carbocycles. The van der Waals surface area contributed by atoms with Gasteiger partial charge in [0.15, 0.2) is 17.5 Å². The number of hydrogen-bond donors (Lipinski definition) is 4. The lowest BCUT2D eigenvalue weighted by Crippen LogP contribution is -2.81. The molecule has 2 saturated carbocycles. The van der Waals surface area contributed by atoms with Crippen LogP contribution < -0.4 is 5.32 Å². The fraction of sp³-hybridized carbons (Fsp3) is 0.447. The number of amides is 1. The molecule has 1 amide bonds. The SMILES string of the molecule is CC(=O)OC12COC1C[C@H](O)C1(C)C(=O)[C@H](C(C)=O)C3=C(C)C(OC(=O)[C@H](O)[C@@H](NC(=O)c4ccccc4)c4ccccc4)C[C@@](O)([C@@H](OC(=O)c4ccccc4)[C@H]21)C3(C)C. The summed E-state index contributed by atoms with van der Waals surface area (Å²) in [5.41, 5.74) is -6.70. The molecular weight excluding hydrogens is 787 g/mol. The van der Waals surface area contributed by atoms with Gasteiger partial charge in [-0.15, -0.1) is 0 Å². The van der Waals surface area contributed by atoms with E-state index in [1.807, 2.05) is 0 Å². The Morgan fingerprint density at radius 2 is 1.43 bits per heavy atom. The average Bonchev–Trinajstić information content (AvgIpc) is 3.23. The number of benzene rings is 3. The predicted octanol–water partition coefficient (Wildman–Crippen LogP) is 4.01. The normalized spacial score (nSPS) is 32.2. The van der Waals surface area contributed by atoms with Crippen molar-refractivity contribution in [1.82, 2.24) is 5.32 Å². The minimum atomic E-state index is -2.35.